The molecule has 178 valence electrons. The van der Waals surface area contributed by atoms with Crippen molar-refractivity contribution >= 4 is 16.0 Å². The molecule has 30 heavy (non-hydrogen) atoms. The molecule has 8 nitrogen and oxygen atoms in total. The average Bonchev–Trinajstić information content (AvgIpc) is 2.57. The summed E-state index contributed by atoms with van der Waals surface area (Å²) in [4.78, 5) is 11.9. The molecule has 0 heterocycles. The maximum Gasteiger partial charge on any atom is 0.453 e. The van der Waals surface area contributed by atoms with E-state index in [1.54, 1.807) is 5.32 Å². The second-order valence-electron chi connectivity index (χ2n) is 5.72. The summed E-state index contributed by atoms with van der Waals surface area (Å²) in [7, 11) is -6.45. The largest absolute Gasteiger partial charge is 0.453 e. The number of likely N-dealkylation sites (N-methyl/N-ethyl adjacent to an activating group) is 1. The molecule has 0 saturated heterocycles. The molecular formula is C14H20F7NO7S. The summed E-state index contributed by atoms with van der Waals surface area (Å²) in [6.07, 6.45) is -11.0. The van der Waals surface area contributed by atoms with Crippen molar-refractivity contribution in [3.63, 3.8) is 0 Å². The molecule has 0 fully saturated rings. The molecule has 0 aromatic rings. The number of ether oxygens (including phenoxy) is 2. The lowest BCUT2D eigenvalue weighted by Crippen LogP contribution is -2.62. The number of carbonyl (C=O) groups is 1. The molecule has 3 N–H and O–H groups in total. The van der Waals surface area contributed by atoms with Crippen LogP contribution in [0.25, 0.3) is 0 Å². The highest BCUT2D eigenvalue weighted by molar-refractivity contribution is 7.87. The van der Waals surface area contributed by atoms with Crippen LogP contribution in [0.4, 0.5) is 30.7 Å². The first-order chi connectivity index (χ1) is 13.4. The monoisotopic (exact) mass is 479 g/mol. The van der Waals surface area contributed by atoms with Gasteiger partial charge in [-0.05, 0) is 25.8 Å². The number of halogens is 7. The number of hydrogen-bond acceptors (Lipinski definition) is 6. The number of aliphatic hydroxyl groups is 1. The van der Waals surface area contributed by atoms with Gasteiger partial charge in [0.1, 0.15) is 0 Å². The van der Waals surface area contributed by atoms with Gasteiger partial charge >= 0.3 is 33.3 Å². The molecule has 0 aromatic heterocycles. The van der Waals surface area contributed by atoms with Crippen molar-refractivity contribution in [2.75, 3.05) is 13.2 Å². The Morgan fingerprint density at radius 1 is 1.17 bits per heavy atom. The summed E-state index contributed by atoms with van der Waals surface area (Å²) < 4.78 is 131. The maximum atomic E-state index is 13.5. The molecule has 0 aliphatic carbocycles. The highest BCUT2D eigenvalue weighted by atomic mass is 32.2. The van der Waals surface area contributed by atoms with Gasteiger partial charge in [-0.25, -0.2) is 0 Å². The number of hydrogen-bond donors (Lipinski definition) is 3. The molecule has 2 atom stereocenters. The van der Waals surface area contributed by atoms with E-state index in [-0.39, 0.29) is 6.54 Å². The van der Waals surface area contributed by atoms with Crippen LogP contribution in [-0.2, 0) is 24.4 Å². The fourth-order valence-electron chi connectivity index (χ4n) is 1.92. The lowest BCUT2D eigenvalue weighted by Gasteiger charge is -2.34. The van der Waals surface area contributed by atoms with E-state index in [1.165, 1.54) is 6.92 Å². The van der Waals surface area contributed by atoms with Crippen molar-refractivity contribution < 1.29 is 63.1 Å². The second kappa shape index (κ2) is 10.2. The van der Waals surface area contributed by atoms with Gasteiger partial charge in [-0.15, -0.1) is 0 Å². The fraction of sp³-hybridized carbons (Fsp3) is 0.786. The molecule has 16 heteroatoms. The Labute approximate surface area is 166 Å². The van der Waals surface area contributed by atoms with Gasteiger partial charge in [0.05, 0.1) is 6.61 Å². The number of nitrogens with one attached hydrogen (secondary N) is 1. The number of rotatable bonds is 13. The second-order valence-corrected chi connectivity index (χ2v) is 7.18. The lowest BCUT2D eigenvalue weighted by molar-refractivity contribution is -0.383. The minimum absolute atomic E-state index is 0.315. The van der Waals surface area contributed by atoms with E-state index < -0.39 is 71.3 Å². The molecule has 1 amide bonds. The van der Waals surface area contributed by atoms with Crippen LogP contribution in [0.3, 0.4) is 0 Å². The normalized spacial score (nSPS) is 16.6. The zero-order valence-electron chi connectivity index (χ0n) is 15.4. The first kappa shape index (κ1) is 28.5. The number of aliphatic hydroxyl groups excluding tert-OH is 1. The highest BCUT2D eigenvalue weighted by Crippen LogP contribution is 2.42. The van der Waals surface area contributed by atoms with Crippen molar-refractivity contribution in [2.45, 2.75) is 55.6 Å². The minimum atomic E-state index is -6.45. The molecule has 0 aliphatic rings. The maximum absolute atomic E-state index is 13.5. The molecule has 0 bridgehead atoms. The Balaban J connectivity index is 5.31. The third kappa shape index (κ3) is 6.50. The Hall–Kier alpha value is -1.49. The molecule has 0 radical (unpaired) electrons. The molecule has 0 aromatic carbocycles. The Morgan fingerprint density at radius 2 is 1.70 bits per heavy atom. The van der Waals surface area contributed by atoms with Crippen molar-refractivity contribution in [3.05, 3.63) is 12.7 Å². The predicted octanol–water partition coefficient (Wildman–Crippen LogP) is 2.20. The zero-order valence-corrected chi connectivity index (χ0v) is 16.2. The molecule has 0 spiro atoms. The van der Waals surface area contributed by atoms with Gasteiger partial charge in [-0.1, -0.05) is 6.58 Å². The van der Waals surface area contributed by atoms with Crippen LogP contribution in [-0.4, -0.2) is 66.6 Å². The van der Waals surface area contributed by atoms with Crippen molar-refractivity contribution in [2.24, 2.45) is 0 Å². The Bertz CT molecular complexity index is 699. The third-order valence-electron chi connectivity index (χ3n) is 3.44. The predicted molar refractivity (Wildman–Crippen MR) is 86.0 cm³/mol. The topological polar surface area (TPSA) is 122 Å². The highest BCUT2D eigenvalue weighted by Gasteiger charge is 2.66. The summed E-state index contributed by atoms with van der Waals surface area (Å²) >= 11 is 0. The van der Waals surface area contributed by atoms with E-state index >= 15 is 0 Å². The van der Waals surface area contributed by atoms with Gasteiger partial charge in [0.2, 0.25) is 0 Å². The molecule has 0 saturated carbocycles. The zero-order chi connectivity index (χ0) is 24.0. The Morgan fingerprint density at radius 3 is 2.10 bits per heavy atom. The van der Waals surface area contributed by atoms with Gasteiger partial charge in [-0.3, -0.25) is 9.35 Å². The fourth-order valence-corrected chi connectivity index (χ4v) is 2.40. The van der Waals surface area contributed by atoms with E-state index in [0.717, 1.165) is 0 Å². The summed E-state index contributed by atoms with van der Waals surface area (Å²) in [6.45, 7) is 2.75. The summed E-state index contributed by atoms with van der Waals surface area (Å²) in [6, 6.07) is 0. The standard InChI is InChI=1S/C14H20F7NO7S/c1-3-9(23)29-12(13(17,18)19,10(24)22-4-2)28-8-6-5-7-11(15,16)14(20,21)30(25,26)27/h3,9,23H,1,4-8H2,2H3,(H,22,24)(H,25,26,27). The number of alkyl halides is 7. The van der Waals surface area contributed by atoms with Crippen LogP contribution in [0.2, 0.25) is 0 Å². The van der Waals surface area contributed by atoms with Crippen molar-refractivity contribution in [1.82, 2.24) is 5.32 Å². The van der Waals surface area contributed by atoms with E-state index in [2.05, 4.69) is 16.1 Å². The summed E-state index contributed by atoms with van der Waals surface area (Å²) in [5, 5.41) is 5.22. The SMILES string of the molecule is C=CC(O)OC(OCCCCC(F)(F)C(F)(F)S(=O)(=O)O)(C(=O)NCC)C(F)(F)F. The lowest BCUT2D eigenvalue weighted by atomic mass is 10.1. The van der Waals surface area contributed by atoms with Crippen LogP contribution < -0.4 is 5.32 Å². The van der Waals surface area contributed by atoms with Crippen LogP contribution >= 0.6 is 0 Å². The van der Waals surface area contributed by atoms with Gasteiger partial charge in [0.25, 0.3) is 5.91 Å². The van der Waals surface area contributed by atoms with Gasteiger partial charge < -0.3 is 19.9 Å². The number of unbranched alkanes of at least 4 members (excludes halogenated alkanes) is 1. The minimum Gasteiger partial charge on any atom is -0.365 e. The number of amides is 1. The Kier molecular flexibility index (Phi) is 9.71. The summed E-state index contributed by atoms with van der Waals surface area (Å²) in [5.74, 6) is -11.2. The van der Waals surface area contributed by atoms with E-state index in [0.29, 0.717) is 6.08 Å². The molecular weight excluding hydrogens is 459 g/mol. The van der Waals surface area contributed by atoms with Gasteiger partial charge in [0, 0.05) is 13.0 Å². The van der Waals surface area contributed by atoms with E-state index in [9.17, 15) is 49.1 Å². The van der Waals surface area contributed by atoms with E-state index in [1.807, 2.05) is 0 Å². The first-order valence-corrected chi connectivity index (χ1v) is 9.53. The first-order valence-electron chi connectivity index (χ1n) is 8.09. The van der Waals surface area contributed by atoms with Crippen LogP contribution in [0.5, 0.6) is 0 Å². The molecule has 2 unspecified atom stereocenters. The third-order valence-corrected chi connectivity index (χ3v) is 4.38. The van der Waals surface area contributed by atoms with E-state index in [4.69, 9.17) is 4.55 Å². The van der Waals surface area contributed by atoms with Crippen LogP contribution in [0, 0.1) is 0 Å². The van der Waals surface area contributed by atoms with Crippen molar-refractivity contribution in [1.29, 1.82) is 0 Å². The van der Waals surface area contributed by atoms with Crippen LogP contribution in [0.15, 0.2) is 12.7 Å². The smallest absolute Gasteiger partial charge is 0.365 e. The molecule has 0 aliphatic heterocycles. The average molecular weight is 479 g/mol. The van der Waals surface area contributed by atoms with Gasteiger partial charge in [0.15, 0.2) is 6.29 Å². The quantitative estimate of drug-likeness (QED) is 0.122. The number of carbonyl (C=O) groups excluding carboxylic acids is 1. The summed E-state index contributed by atoms with van der Waals surface area (Å²) in [5.41, 5.74) is 0. The van der Waals surface area contributed by atoms with Gasteiger partial charge in [-0.2, -0.15) is 39.2 Å². The van der Waals surface area contributed by atoms with Crippen molar-refractivity contribution in [3.8, 4) is 0 Å². The molecule has 0 rings (SSSR count). The van der Waals surface area contributed by atoms with Crippen LogP contribution in [0.1, 0.15) is 26.2 Å².